The van der Waals surface area contributed by atoms with E-state index in [0.29, 0.717) is 18.6 Å². The molecule has 6 atom stereocenters. The highest BCUT2D eigenvalue weighted by Gasteiger charge is 2.44. The van der Waals surface area contributed by atoms with Crippen LogP contribution in [0.2, 0.25) is 0 Å². The van der Waals surface area contributed by atoms with E-state index in [1.807, 2.05) is 67.6 Å². The zero-order valence-electron chi connectivity index (χ0n) is 20.2. The van der Waals surface area contributed by atoms with Gasteiger partial charge in [-0.1, -0.05) is 48.5 Å². The Morgan fingerprint density at radius 1 is 0.917 bits per heavy atom. The van der Waals surface area contributed by atoms with Crippen molar-refractivity contribution in [2.45, 2.75) is 56.4 Å². The average molecular weight is 493 g/mol. The quantitative estimate of drug-likeness (QED) is 0.401. The Labute approximate surface area is 210 Å². The van der Waals surface area contributed by atoms with E-state index >= 15 is 0 Å². The van der Waals surface area contributed by atoms with Crippen LogP contribution in [-0.4, -0.2) is 64.2 Å². The van der Waals surface area contributed by atoms with Crippen molar-refractivity contribution in [2.24, 2.45) is 0 Å². The molecule has 4 N–H and O–H groups in total. The fraction of sp³-hybridized carbons (Fsp3) is 0.379. The molecule has 7 nitrogen and oxygen atoms in total. The maximum Gasteiger partial charge on any atom is 0.137 e. The molecule has 0 unspecified atom stereocenters. The molecule has 5 rings (SSSR count). The number of fused-ring (bicyclic) bond motifs is 1. The van der Waals surface area contributed by atoms with Crippen LogP contribution in [0.1, 0.15) is 33.9 Å². The van der Waals surface area contributed by atoms with Gasteiger partial charge in [0.15, 0.2) is 0 Å². The van der Waals surface area contributed by atoms with Crippen LogP contribution in [0.15, 0.2) is 66.7 Å². The molecule has 7 heteroatoms. The largest absolute Gasteiger partial charge is 0.490 e. The molecule has 2 aliphatic rings. The van der Waals surface area contributed by atoms with Gasteiger partial charge < -0.3 is 34.6 Å². The molecule has 2 heterocycles. The van der Waals surface area contributed by atoms with Gasteiger partial charge in [0.2, 0.25) is 0 Å². The number of aliphatic hydroxyl groups excluding tert-OH is 4. The minimum Gasteiger partial charge on any atom is -0.490 e. The fourth-order valence-electron chi connectivity index (χ4n) is 4.90. The summed E-state index contributed by atoms with van der Waals surface area (Å²) in [6.07, 6.45) is -4.34. The summed E-state index contributed by atoms with van der Waals surface area (Å²) in [7, 11) is 0. The van der Waals surface area contributed by atoms with E-state index in [9.17, 15) is 20.4 Å². The Morgan fingerprint density at radius 3 is 2.44 bits per heavy atom. The van der Waals surface area contributed by atoms with E-state index in [2.05, 4.69) is 6.07 Å². The zero-order valence-corrected chi connectivity index (χ0v) is 20.2. The van der Waals surface area contributed by atoms with Gasteiger partial charge in [-0.15, -0.1) is 0 Å². The molecule has 3 aromatic rings. The number of ether oxygens (including phenoxy) is 3. The minimum atomic E-state index is -1.40. The lowest BCUT2D eigenvalue weighted by atomic mass is 9.89. The molecule has 1 fully saturated rings. The predicted octanol–water partition coefficient (Wildman–Crippen LogP) is 2.48. The highest BCUT2D eigenvalue weighted by molar-refractivity contribution is 5.39. The van der Waals surface area contributed by atoms with Gasteiger partial charge in [-0.25, -0.2) is 0 Å². The van der Waals surface area contributed by atoms with Crippen molar-refractivity contribution in [3.05, 3.63) is 94.5 Å². The normalized spacial score (nSPS) is 27.4. The van der Waals surface area contributed by atoms with E-state index in [1.165, 1.54) is 5.56 Å². The fourth-order valence-corrected chi connectivity index (χ4v) is 4.90. The van der Waals surface area contributed by atoms with Crippen LogP contribution in [0, 0.1) is 6.92 Å². The van der Waals surface area contributed by atoms with Crippen LogP contribution in [-0.2, 0) is 17.6 Å². The number of benzene rings is 3. The second-order valence-corrected chi connectivity index (χ2v) is 9.62. The van der Waals surface area contributed by atoms with Crippen molar-refractivity contribution >= 4 is 0 Å². The van der Waals surface area contributed by atoms with Crippen LogP contribution in [0.5, 0.6) is 11.5 Å². The molecule has 2 aliphatic heterocycles. The molecule has 36 heavy (non-hydrogen) atoms. The lowest BCUT2D eigenvalue weighted by molar-refractivity contribution is -0.231. The van der Waals surface area contributed by atoms with Gasteiger partial charge in [-0.2, -0.15) is 0 Å². The number of hydrogen-bond acceptors (Lipinski definition) is 7. The maximum absolute atomic E-state index is 10.5. The summed E-state index contributed by atoms with van der Waals surface area (Å²) in [4.78, 5) is 0. The van der Waals surface area contributed by atoms with Crippen molar-refractivity contribution < 1.29 is 34.6 Å². The first-order valence-electron chi connectivity index (χ1n) is 12.3. The second kappa shape index (κ2) is 10.6. The smallest absolute Gasteiger partial charge is 0.137 e. The molecule has 0 aliphatic carbocycles. The Kier molecular flexibility index (Phi) is 7.27. The van der Waals surface area contributed by atoms with Gasteiger partial charge in [-0.05, 0) is 59.4 Å². The van der Waals surface area contributed by atoms with E-state index in [-0.39, 0.29) is 6.10 Å². The lowest BCUT2D eigenvalue weighted by Crippen LogP contribution is -2.55. The van der Waals surface area contributed by atoms with Crippen molar-refractivity contribution in [1.82, 2.24) is 0 Å². The summed E-state index contributed by atoms with van der Waals surface area (Å²) in [6.45, 7) is 2.05. The number of aryl methyl sites for hydroxylation is 1. The van der Waals surface area contributed by atoms with Gasteiger partial charge >= 0.3 is 0 Å². The summed E-state index contributed by atoms with van der Waals surface area (Å²) in [5.41, 5.74) is 5.13. The highest BCUT2D eigenvalue weighted by atomic mass is 16.5. The molecule has 0 spiro atoms. The summed E-state index contributed by atoms with van der Waals surface area (Å²) >= 11 is 0. The van der Waals surface area contributed by atoms with Crippen molar-refractivity contribution in [1.29, 1.82) is 0 Å². The van der Waals surface area contributed by atoms with Gasteiger partial charge in [0, 0.05) is 6.42 Å². The van der Waals surface area contributed by atoms with E-state index in [0.717, 1.165) is 34.6 Å². The molecule has 0 saturated carbocycles. The molecule has 0 radical (unpaired) electrons. The molecular formula is C29H32O7. The van der Waals surface area contributed by atoms with E-state index in [1.54, 1.807) is 0 Å². The van der Waals surface area contributed by atoms with Crippen LogP contribution >= 0.6 is 0 Å². The van der Waals surface area contributed by atoms with Crippen molar-refractivity contribution in [2.75, 3.05) is 13.2 Å². The predicted molar refractivity (Wildman–Crippen MR) is 133 cm³/mol. The first-order chi connectivity index (χ1) is 17.4. The Hall–Kier alpha value is -2.94. The first kappa shape index (κ1) is 24.7. The minimum absolute atomic E-state index is 0.00915. The molecular weight excluding hydrogens is 460 g/mol. The standard InChI is InChI=1S/C29H32O7/c1-17-6-9-20(29-28(33)27(32)26(31)25(15-30)36-29)13-21(17)12-18-7-10-22(11-8-18)34-16-23-14-19-4-2-3-5-24(19)35-23/h2-11,13,23,25-33H,12,14-16H2,1H3/t23-,25+,26+,27-,28+,29-/m0/s1. The second-order valence-electron chi connectivity index (χ2n) is 9.62. The number of rotatable bonds is 7. The molecule has 3 aromatic carbocycles. The molecule has 0 aromatic heterocycles. The summed E-state index contributed by atoms with van der Waals surface area (Å²) in [5, 5.41) is 40.2. The third-order valence-corrected chi connectivity index (χ3v) is 7.06. The molecule has 0 bridgehead atoms. The third-order valence-electron chi connectivity index (χ3n) is 7.06. The summed E-state index contributed by atoms with van der Waals surface area (Å²) < 4.78 is 17.6. The van der Waals surface area contributed by atoms with E-state index in [4.69, 9.17) is 14.2 Å². The van der Waals surface area contributed by atoms with Crippen LogP contribution in [0.4, 0.5) is 0 Å². The number of para-hydroxylation sites is 1. The Bertz CT molecular complexity index is 1150. The van der Waals surface area contributed by atoms with Crippen molar-refractivity contribution in [3.63, 3.8) is 0 Å². The third kappa shape index (κ3) is 5.12. The molecule has 1 saturated heterocycles. The monoisotopic (exact) mass is 492 g/mol. The number of hydrogen-bond donors (Lipinski definition) is 4. The van der Waals surface area contributed by atoms with Gasteiger partial charge in [0.05, 0.1) is 6.61 Å². The lowest BCUT2D eigenvalue weighted by Gasteiger charge is -2.40. The molecule has 0 amide bonds. The topological polar surface area (TPSA) is 109 Å². The zero-order chi connectivity index (χ0) is 25.2. The van der Waals surface area contributed by atoms with Crippen LogP contribution < -0.4 is 9.47 Å². The SMILES string of the molecule is Cc1ccc([C@@H]2O[C@H](CO)[C@@H](O)[C@H](O)[C@H]2O)cc1Cc1ccc(OC[C@@H]2Cc3ccccc3O2)cc1. The summed E-state index contributed by atoms with van der Waals surface area (Å²) in [6, 6.07) is 21.8. The van der Waals surface area contributed by atoms with Crippen LogP contribution in [0.3, 0.4) is 0 Å². The maximum atomic E-state index is 10.5. The Balaban J connectivity index is 1.22. The van der Waals surface area contributed by atoms with Gasteiger partial charge in [0.25, 0.3) is 0 Å². The van der Waals surface area contributed by atoms with E-state index < -0.39 is 37.1 Å². The number of aliphatic hydroxyl groups is 4. The summed E-state index contributed by atoms with van der Waals surface area (Å²) in [5.74, 6) is 1.72. The average Bonchev–Trinajstić information content (AvgIpc) is 3.32. The van der Waals surface area contributed by atoms with Crippen molar-refractivity contribution in [3.8, 4) is 11.5 Å². The highest BCUT2D eigenvalue weighted by Crippen LogP contribution is 2.34. The van der Waals surface area contributed by atoms with Gasteiger partial charge in [-0.3, -0.25) is 0 Å². The Morgan fingerprint density at radius 2 is 1.69 bits per heavy atom. The van der Waals surface area contributed by atoms with Crippen LogP contribution in [0.25, 0.3) is 0 Å². The van der Waals surface area contributed by atoms with Gasteiger partial charge in [0.1, 0.15) is 54.7 Å². The molecule has 190 valence electrons. The first-order valence-corrected chi connectivity index (χ1v) is 12.3.